The van der Waals surface area contributed by atoms with Crippen LogP contribution in [0.5, 0.6) is 0 Å². The van der Waals surface area contributed by atoms with Crippen LogP contribution in [0.2, 0.25) is 5.02 Å². The van der Waals surface area contributed by atoms with Crippen LogP contribution in [-0.4, -0.2) is 5.91 Å². The van der Waals surface area contributed by atoms with Crippen molar-refractivity contribution < 1.29 is 18.0 Å². The van der Waals surface area contributed by atoms with Crippen molar-refractivity contribution in [1.29, 1.82) is 0 Å². The number of hydrogen-bond donors (Lipinski definition) is 1. The highest BCUT2D eigenvalue weighted by Crippen LogP contribution is 2.36. The minimum atomic E-state index is -4.57. The molecule has 1 N–H and O–H groups in total. The molecule has 2 aromatic carbocycles. The fourth-order valence-corrected chi connectivity index (χ4v) is 1.94. The van der Waals surface area contributed by atoms with Gasteiger partial charge in [-0.1, -0.05) is 29.3 Å². The van der Waals surface area contributed by atoms with Crippen LogP contribution in [0.15, 0.2) is 42.5 Å². The Hall–Kier alpha value is -2.01. The molecular weight excluding hydrogens is 303 g/mol. The summed E-state index contributed by atoms with van der Waals surface area (Å²) in [6.07, 6.45) is -4.57. The van der Waals surface area contributed by atoms with Crippen LogP contribution in [0.3, 0.4) is 0 Å². The molecule has 0 saturated carbocycles. The molecule has 0 aliphatic heterocycles. The predicted octanol–water partition coefficient (Wildman–Crippen LogP) is 4.92. The lowest BCUT2D eigenvalue weighted by molar-refractivity contribution is -0.136. The standard InChI is InChI=1S/C15H11ClF3NO/c1-9-2-4-10(5-3-9)14(21)20-13-8-11(16)6-7-12(13)15(17,18)19/h2-8H,1H3,(H,20,21). The Kier molecular flexibility index (Phi) is 4.23. The number of benzene rings is 2. The molecule has 6 heteroatoms. The van der Waals surface area contributed by atoms with Crippen LogP contribution in [0.1, 0.15) is 21.5 Å². The second-order valence-corrected chi connectivity index (χ2v) is 4.94. The molecule has 2 rings (SSSR count). The Labute approximate surface area is 124 Å². The van der Waals surface area contributed by atoms with Gasteiger partial charge in [0.1, 0.15) is 0 Å². The molecule has 110 valence electrons. The van der Waals surface area contributed by atoms with E-state index >= 15 is 0 Å². The number of carbonyl (C=O) groups is 1. The first-order chi connectivity index (χ1) is 9.77. The lowest BCUT2D eigenvalue weighted by atomic mass is 10.1. The second-order valence-electron chi connectivity index (χ2n) is 4.51. The smallest absolute Gasteiger partial charge is 0.321 e. The number of aryl methyl sites for hydroxylation is 1. The number of carbonyl (C=O) groups excluding carboxylic acids is 1. The van der Waals surface area contributed by atoms with Gasteiger partial charge in [0.05, 0.1) is 11.3 Å². The van der Waals surface area contributed by atoms with Gasteiger partial charge in [-0.2, -0.15) is 13.2 Å². The average molecular weight is 314 g/mol. The van der Waals surface area contributed by atoms with Gasteiger partial charge >= 0.3 is 6.18 Å². The maximum absolute atomic E-state index is 12.9. The summed E-state index contributed by atoms with van der Waals surface area (Å²) in [7, 11) is 0. The van der Waals surface area contributed by atoms with Crippen molar-refractivity contribution in [2.75, 3.05) is 5.32 Å². The minimum absolute atomic E-state index is 0.113. The third-order valence-electron chi connectivity index (χ3n) is 2.85. The number of halogens is 4. The minimum Gasteiger partial charge on any atom is -0.321 e. The first kappa shape index (κ1) is 15.4. The van der Waals surface area contributed by atoms with Gasteiger partial charge in [-0.25, -0.2) is 0 Å². The summed E-state index contributed by atoms with van der Waals surface area (Å²) in [6.45, 7) is 1.85. The SMILES string of the molecule is Cc1ccc(C(=O)Nc2cc(Cl)ccc2C(F)(F)F)cc1. The van der Waals surface area contributed by atoms with E-state index in [1.807, 2.05) is 6.92 Å². The van der Waals surface area contributed by atoms with E-state index in [0.717, 1.165) is 23.8 Å². The van der Waals surface area contributed by atoms with Crippen LogP contribution in [-0.2, 0) is 6.18 Å². The zero-order valence-electron chi connectivity index (χ0n) is 11.0. The summed E-state index contributed by atoms with van der Waals surface area (Å²) in [5, 5.41) is 2.36. The van der Waals surface area contributed by atoms with E-state index in [0.29, 0.717) is 0 Å². The molecule has 1 amide bonds. The zero-order valence-corrected chi connectivity index (χ0v) is 11.7. The van der Waals surface area contributed by atoms with Gasteiger partial charge < -0.3 is 5.32 Å². The van der Waals surface area contributed by atoms with E-state index in [1.165, 1.54) is 0 Å². The summed E-state index contributed by atoms with van der Waals surface area (Å²) in [6, 6.07) is 9.55. The molecule has 0 saturated heterocycles. The molecule has 0 bridgehead atoms. The Morgan fingerprint density at radius 1 is 1.10 bits per heavy atom. The van der Waals surface area contributed by atoms with Gasteiger partial charge in [0.15, 0.2) is 0 Å². The summed E-state index contributed by atoms with van der Waals surface area (Å²) >= 11 is 5.70. The lowest BCUT2D eigenvalue weighted by Gasteiger charge is -2.14. The van der Waals surface area contributed by atoms with Crippen molar-refractivity contribution in [3.63, 3.8) is 0 Å². The number of alkyl halides is 3. The number of nitrogens with one attached hydrogen (secondary N) is 1. The van der Waals surface area contributed by atoms with Gasteiger partial charge in [-0.05, 0) is 37.3 Å². The maximum atomic E-state index is 12.9. The van der Waals surface area contributed by atoms with Crippen LogP contribution in [0, 0.1) is 6.92 Å². The van der Waals surface area contributed by atoms with Crippen LogP contribution in [0.25, 0.3) is 0 Å². The van der Waals surface area contributed by atoms with E-state index in [4.69, 9.17) is 11.6 Å². The first-order valence-electron chi connectivity index (χ1n) is 6.02. The number of hydrogen-bond acceptors (Lipinski definition) is 1. The molecule has 0 spiro atoms. The summed E-state index contributed by atoms with van der Waals surface area (Å²) in [5.74, 6) is -0.622. The fraction of sp³-hybridized carbons (Fsp3) is 0.133. The number of amides is 1. The average Bonchev–Trinajstić information content (AvgIpc) is 2.38. The zero-order chi connectivity index (χ0) is 15.6. The predicted molar refractivity (Wildman–Crippen MR) is 75.6 cm³/mol. The molecule has 0 atom stereocenters. The molecule has 21 heavy (non-hydrogen) atoms. The van der Waals surface area contributed by atoms with Crippen molar-refractivity contribution in [2.24, 2.45) is 0 Å². The maximum Gasteiger partial charge on any atom is 0.418 e. The molecule has 0 aliphatic rings. The van der Waals surface area contributed by atoms with Crippen molar-refractivity contribution in [1.82, 2.24) is 0 Å². The third kappa shape index (κ3) is 3.76. The van der Waals surface area contributed by atoms with Crippen molar-refractivity contribution >= 4 is 23.2 Å². The second kappa shape index (κ2) is 5.77. The number of anilines is 1. The third-order valence-corrected chi connectivity index (χ3v) is 3.08. The van der Waals surface area contributed by atoms with Gasteiger partial charge in [0.25, 0.3) is 5.91 Å². The Balaban J connectivity index is 2.32. The highest BCUT2D eigenvalue weighted by atomic mass is 35.5. The summed E-state index contributed by atoms with van der Waals surface area (Å²) in [5.41, 5.74) is -0.0769. The fourth-order valence-electron chi connectivity index (χ4n) is 1.77. The quantitative estimate of drug-likeness (QED) is 0.837. The Morgan fingerprint density at radius 3 is 2.29 bits per heavy atom. The molecule has 2 nitrogen and oxygen atoms in total. The Bertz CT molecular complexity index is 666. The summed E-state index contributed by atoms with van der Waals surface area (Å²) < 4.78 is 38.7. The van der Waals surface area contributed by atoms with E-state index in [2.05, 4.69) is 5.32 Å². The summed E-state index contributed by atoms with van der Waals surface area (Å²) in [4.78, 5) is 12.0. The van der Waals surface area contributed by atoms with Gasteiger partial charge in [-0.3, -0.25) is 4.79 Å². The van der Waals surface area contributed by atoms with Crippen LogP contribution < -0.4 is 5.32 Å². The highest BCUT2D eigenvalue weighted by molar-refractivity contribution is 6.31. The first-order valence-corrected chi connectivity index (χ1v) is 6.40. The number of rotatable bonds is 2. The van der Waals surface area contributed by atoms with Crippen LogP contribution >= 0.6 is 11.6 Å². The van der Waals surface area contributed by atoms with Crippen molar-refractivity contribution in [3.05, 3.63) is 64.2 Å². The van der Waals surface area contributed by atoms with E-state index in [-0.39, 0.29) is 16.3 Å². The topological polar surface area (TPSA) is 29.1 Å². The molecule has 0 unspecified atom stereocenters. The van der Waals surface area contributed by atoms with E-state index in [1.54, 1.807) is 24.3 Å². The molecule has 0 aliphatic carbocycles. The molecule has 0 heterocycles. The Morgan fingerprint density at radius 2 is 1.71 bits per heavy atom. The largest absolute Gasteiger partial charge is 0.418 e. The highest BCUT2D eigenvalue weighted by Gasteiger charge is 2.34. The van der Waals surface area contributed by atoms with Crippen molar-refractivity contribution in [2.45, 2.75) is 13.1 Å². The molecule has 2 aromatic rings. The molecular formula is C15H11ClF3NO. The molecule has 0 radical (unpaired) electrons. The van der Waals surface area contributed by atoms with Crippen LogP contribution in [0.4, 0.5) is 18.9 Å². The normalized spacial score (nSPS) is 11.3. The molecule has 0 fully saturated rings. The monoisotopic (exact) mass is 313 g/mol. The van der Waals surface area contributed by atoms with E-state index < -0.39 is 17.6 Å². The molecule has 0 aromatic heterocycles. The van der Waals surface area contributed by atoms with Gasteiger partial charge in [-0.15, -0.1) is 0 Å². The van der Waals surface area contributed by atoms with Gasteiger partial charge in [0.2, 0.25) is 0 Å². The van der Waals surface area contributed by atoms with E-state index in [9.17, 15) is 18.0 Å². The van der Waals surface area contributed by atoms with Crippen molar-refractivity contribution in [3.8, 4) is 0 Å². The lowest BCUT2D eigenvalue weighted by Crippen LogP contribution is -2.16. The van der Waals surface area contributed by atoms with Gasteiger partial charge in [0, 0.05) is 10.6 Å².